The molecule has 5 rings (SSSR count). The average Bonchev–Trinajstić information content (AvgIpc) is 3.42. The van der Waals surface area contributed by atoms with Crippen molar-refractivity contribution in [3.8, 4) is 22.9 Å². The molecule has 0 bridgehead atoms. The summed E-state index contributed by atoms with van der Waals surface area (Å²) in [7, 11) is 3.20. The Bertz CT molecular complexity index is 1370. The number of ether oxygens (including phenoxy) is 2. The number of hydrogen-bond donors (Lipinski definition) is 0. The largest absolute Gasteiger partial charge is 0.497 e. The molecular weight excluding hydrogens is 444 g/mol. The molecule has 0 aliphatic carbocycles. The van der Waals surface area contributed by atoms with Crippen LogP contribution in [0.5, 0.6) is 11.5 Å². The quantitative estimate of drug-likeness (QED) is 0.389. The first-order valence-electron chi connectivity index (χ1n) is 11.4. The molecule has 3 aromatic carbocycles. The Morgan fingerprint density at radius 3 is 2.51 bits per heavy atom. The third-order valence-corrected chi connectivity index (χ3v) is 6.13. The second kappa shape index (κ2) is 9.89. The molecule has 0 atom stereocenters. The van der Waals surface area contributed by atoms with Crippen molar-refractivity contribution < 1.29 is 18.8 Å². The first-order chi connectivity index (χ1) is 17.1. The summed E-state index contributed by atoms with van der Waals surface area (Å²) in [5.41, 5.74) is 1.72. The van der Waals surface area contributed by atoms with Crippen molar-refractivity contribution in [2.45, 2.75) is 0 Å². The minimum absolute atomic E-state index is 0.0510. The lowest BCUT2D eigenvalue weighted by atomic mass is 10.1. The van der Waals surface area contributed by atoms with Crippen molar-refractivity contribution >= 4 is 28.8 Å². The van der Waals surface area contributed by atoms with Crippen LogP contribution in [0.2, 0.25) is 0 Å². The van der Waals surface area contributed by atoms with E-state index in [1.54, 1.807) is 32.4 Å². The van der Waals surface area contributed by atoms with Gasteiger partial charge in [0.15, 0.2) is 0 Å². The van der Waals surface area contributed by atoms with Crippen molar-refractivity contribution in [1.82, 2.24) is 15.0 Å². The van der Waals surface area contributed by atoms with Crippen molar-refractivity contribution in [3.05, 3.63) is 72.3 Å². The number of anilines is 1. The number of nitrogens with zero attached hydrogens (tertiary/aromatic N) is 4. The first-order valence-corrected chi connectivity index (χ1v) is 11.4. The molecule has 1 saturated heterocycles. The van der Waals surface area contributed by atoms with Crippen molar-refractivity contribution in [1.29, 1.82) is 0 Å². The van der Waals surface area contributed by atoms with Gasteiger partial charge in [0.2, 0.25) is 11.7 Å². The van der Waals surface area contributed by atoms with Gasteiger partial charge in [-0.1, -0.05) is 41.6 Å². The van der Waals surface area contributed by atoms with Crippen LogP contribution < -0.4 is 14.4 Å². The third kappa shape index (κ3) is 4.82. The molecule has 1 fully saturated rings. The average molecular weight is 471 g/mol. The summed E-state index contributed by atoms with van der Waals surface area (Å²) in [6.07, 6.45) is 3.34. The van der Waals surface area contributed by atoms with E-state index >= 15 is 0 Å². The van der Waals surface area contributed by atoms with E-state index < -0.39 is 0 Å². The maximum atomic E-state index is 12.7. The maximum absolute atomic E-state index is 12.7. The zero-order valence-corrected chi connectivity index (χ0v) is 19.7. The van der Waals surface area contributed by atoms with Crippen LogP contribution in [0.25, 0.3) is 28.2 Å². The molecule has 1 aromatic heterocycles. The van der Waals surface area contributed by atoms with E-state index in [0.29, 0.717) is 49.5 Å². The van der Waals surface area contributed by atoms with Crippen LogP contribution in [0.4, 0.5) is 6.01 Å². The minimum Gasteiger partial charge on any atom is -0.497 e. The Morgan fingerprint density at radius 1 is 0.943 bits per heavy atom. The molecule has 178 valence electrons. The number of hydrogen-bond acceptors (Lipinski definition) is 7. The number of amides is 1. The molecule has 0 N–H and O–H groups in total. The Kier molecular flexibility index (Phi) is 6.34. The van der Waals surface area contributed by atoms with Crippen molar-refractivity contribution in [2.24, 2.45) is 0 Å². The Hall–Kier alpha value is -4.33. The van der Waals surface area contributed by atoms with Gasteiger partial charge >= 0.3 is 6.01 Å². The van der Waals surface area contributed by atoms with Crippen LogP contribution in [0.1, 0.15) is 5.56 Å². The van der Waals surface area contributed by atoms with Gasteiger partial charge < -0.3 is 23.8 Å². The predicted molar refractivity (Wildman–Crippen MR) is 135 cm³/mol. The van der Waals surface area contributed by atoms with Gasteiger partial charge in [-0.25, -0.2) is 0 Å². The predicted octanol–water partition coefficient (Wildman–Crippen LogP) is 4.27. The van der Waals surface area contributed by atoms with Gasteiger partial charge in [0.25, 0.3) is 0 Å². The minimum atomic E-state index is -0.0510. The molecule has 8 heteroatoms. The van der Waals surface area contributed by atoms with Crippen LogP contribution >= 0.6 is 0 Å². The normalized spacial score (nSPS) is 14.0. The van der Waals surface area contributed by atoms with Crippen LogP contribution in [-0.2, 0) is 4.79 Å². The highest BCUT2D eigenvalue weighted by molar-refractivity contribution is 5.92. The zero-order valence-electron chi connectivity index (χ0n) is 19.7. The standard InChI is InChI=1S/C27H26N4O4/c1-33-23-11-9-20(24(18-23)34-2)10-12-25(32)30-13-15-31(16-14-30)27-28-26(29-35-27)22-8-7-19-5-3-4-6-21(19)17-22/h3-12,17-18H,13-16H2,1-2H3/b12-10+. The number of benzene rings is 3. The molecule has 0 unspecified atom stereocenters. The van der Waals surface area contributed by atoms with E-state index in [0.717, 1.165) is 16.5 Å². The monoisotopic (exact) mass is 470 g/mol. The van der Waals surface area contributed by atoms with Gasteiger partial charge in [-0.2, -0.15) is 4.98 Å². The van der Waals surface area contributed by atoms with Crippen molar-refractivity contribution in [2.75, 3.05) is 45.3 Å². The number of aromatic nitrogens is 2. The molecule has 35 heavy (non-hydrogen) atoms. The van der Waals surface area contributed by atoms with Crippen LogP contribution in [-0.4, -0.2) is 61.3 Å². The lowest BCUT2D eigenvalue weighted by molar-refractivity contribution is -0.126. The number of carbonyl (C=O) groups excluding carboxylic acids is 1. The number of methoxy groups -OCH3 is 2. The summed E-state index contributed by atoms with van der Waals surface area (Å²) in [5.74, 6) is 1.86. The molecule has 4 aromatic rings. The number of piperazine rings is 1. The Labute approximate surface area is 203 Å². The van der Waals surface area contributed by atoms with Gasteiger partial charge in [-0.05, 0) is 35.0 Å². The fourth-order valence-electron chi connectivity index (χ4n) is 4.13. The summed E-state index contributed by atoms with van der Waals surface area (Å²) in [6.45, 7) is 2.36. The Morgan fingerprint density at radius 2 is 1.74 bits per heavy atom. The third-order valence-electron chi connectivity index (χ3n) is 6.13. The van der Waals surface area contributed by atoms with Crippen molar-refractivity contribution in [3.63, 3.8) is 0 Å². The highest BCUT2D eigenvalue weighted by Gasteiger charge is 2.23. The second-order valence-corrected chi connectivity index (χ2v) is 8.22. The fraction of sp³-hybridized carbons (Fsp3) is 0.222. The maximum Gasteiger partial charge on any atom is 0.324 e. The molecule has 1 amide bonds. The highest BCUT2D eigenvalue weighted by Crippen LogP contribution is 2.26. The number of rotatable bonds is 6. The van der Waals surface area contributed by atoms with Gasteiger partial charge in [-0.15, -0.1) is 0 Å². The van der Waals surface area contributed by atoms with E-state index in [1.165, 1.54) is 5.39 Å². The van der Waals surface area contributed by atoms with E-state index in [2.05, 4.69) is 34.4 Å². The summed E-state index contributed by atoms with van der Waals surface area (Å²) in [6, 6.07) is 20.2. The molecule has 1 aliphatic rings. The van der Waals surface area contributed by atoms with Crippen LogP contribution in [0, 0.1) is 0 Å². The smallest absolute Gasteiger partial charge is 0.324 e. The molecule has 0 saturated carbocycles. The lowest BCUT2D eigenvalue weighted by Crippen LogP contribution is -2.48. The molecule has 2 heterocycles. The summed E-state index contributed by atoms with van der Waals surface area (Å²) in [4.78, 5) is 21.2. The summed E-state index contributed by atoms with van der Waals surface area (Å²) < 4.78 is 16.2. The topological polar surface area (TPSA) is 80.9 Å². The highest BCUT2D eigenvalue weighted by atomic mass is 16.5. The van der Waals surface area contributed by atoms with E-state index in [1.807, 2.05) is 40.1 Å². The SMILES string of the molecule is COc1ccc(/C=C/C(=O)N2CCN(c3nc(-c4ccc5ccccc5c4)no3)CC2)c(OC)c1. The Balaban J connectivity index is 1.21. The summed E-state index contributed by atoms with van der Waals surface area (Å²) >= 11 is 0. The molecule has 0 spiro atoms. The van der Waals surface area contributed by atoms with E-state index in [4.69, 9.17) is 14.0 Å². The molecule has 8 nitrogen and oxygen atoms in total. The lowest BCUT2D eigenvalue weighted by Gasteiger charge is -2.32. The van der Waals surface area contributed by atoms with E-state index in [9.17, 15) is 4.79 Å². The summed E-state index contributed by atoms with van der Waals surface area (Å²) in [5, 5.41) is 6.47. The van der Waals surface area contributed by atoms with E-state index in [-0.39, 0.29) is 5.91 Å². The van der Waals surface area contributed by atoms with Crippen LogP contribution in [0.15, 0.2) is 71.3 Å². The van der Waals surface area contributed by atoms with Gasteiger partial charge in [0.05, 0.1) is 14.2 Å². The number of fused-ring (bicyclic) bond motifs is 1. The van der Waals surface area contributed by atoms with Gasteiger partial charge in [-0.3, -0.25) is 4.79 Å². The second-order valence-electron chi connectivity index (χ2n) is 8.22. The van der Waals surface area contributed by atoms with Gasteiger partial charge in [0, 0.05) is 49.4 Å². The first kappa shape index (κ1) is 22.5. The molecule has 0 radical (unpaired) electrons. The fourth-order valence-corrected chi connectivity index (χ4v) is 4.13. The van der Waals surface area contributed by atoms with Crippen LogP contribution in [0.3, 0.4) is 0 Å². The number of carbonyl (C=O) groups is 1. The molecule has 1 aliphatic heterocycles. The molecular formula is C27H26N4O4. The van der Waals surface area contributed by atoms with Gasteiger partial charge in [0.1, 0.15) is 11.5 Å². The zero-order chi connectivity index (χ0) is 24.2.